The highest BCUT2D eigenvalue weighted by Crippen LogP contribution is 2.18. The smallest absolute Gasteiger partial charge is 0.315 e. The van der Waals surface area contributed by atoms with Gasteiger partial charge in [0.2, 0.25) is 0 Å². The van der Waals surface area contributed by atoms with Gasteiger partial charge in [-0.1, -0.05) is 42.5 Å². The van der Waals surface area contributed by atoms with E-state index >= 15 is 0 Å². The van der Waals surface area contributed by atoms with Gasteiger partial charge in [-0.05, 0) is 36.6 Å². The first-order valence-electron chi connectivity index (χ1n) is 7.43. The van der Waals surface area contributed by atoms with Gasteiger partial charge in [-0.25, -0.2) is 9.18 Å². The van der Waals surface area contributed by atoms with Gasteiger partial charge in [0.15, 0.2) is 0 Å². The van der Waals surface area contributed by atoms with Crippen LogP contribution >= 0.6 is 0 Å². The molecule has 4 nitrogen and oxygen atoms in total. The van der Waals surface area contributed by atoms with E-state index in [1.807, 2.05) is 18.2 Å². The van der Waals surface area contributed by atoms with Gasteiger partial charge >= 0.3 is 6.03 Å². The average molecular weight is 316 g/mol. The molecule has 5 heteroatoms. The molecule has 0 radical (unpaired) electrons. The van der Waals surface area contributed by atoms with E-state index in [0.717, 1.165) is 5.56 Å². The van der Waals surface area contributed by atoms with Crippen LogP contribution < -0.4 is 10.6 Å². The molecule has 0 aliphatic rings. The van der Waals surface area contributed by atoms with Crippen LogP contribution in [0, 0.1) is 12.7 Å². The van der Waals surface area contributed by atoms with Crippen LogP contribution in [0.4, 0.5) is 9.18 Å². The van der Waals surface area contributed by atoms with E-state index in [1.165, 1.54) is 6.07 Å². The first-order chi connectivity index (χ1) is 10.9. The molecule has 1 unspecified atom stereocenters. The number of hydrogen-bond donors (Lipinski definition) is 3. The Balaban J connectivity index is 1.84. The van der Waals surface area contributed by atoms with Crippen molar-refractivity contribution in [1.29, 1.82) is 0 Å². The lowest BCUT2D eigenvalue weighted by Crippen LogP contribution is -2.43. The second kappa shape index (κ2) is 7.24. The van der Waals surface area contributed by atoms with E-state index < -0.39 is 11.6 Å². The normalized spacial score (nSPS) is 13.2. The number of benzene rings is 2. The van der Waals surface area contributed by atoms with Gasteiger partial charge in [0, 0.05) is 6.54 Å². The lowest BCUT2D eigenvalue weighted by Gasteiger charge is -2.24. The molecular formula is C18H21FN2O2. The summed E-state index contributed by atoms with van der Waals surface area (Å²) in [5, 5.41) is 15.7. The van der Waals surface area contributed by atoms with Gasteiger partial charge < -0.3 is 15.7 Å². The van der Waals surface area contributed by atoms with Crippen molar-refractivity contribution >= 4 is 6.03 Å². The van der Waals surface area contributed by atoms with E-state index in [-0.39, 0.29) is 18.9 Å². The summed E-state index contributed by atoms with van der Waals surface area (Å²) in [7, 11) is 0. The molecule has 0 aromatic heterocycles. The highest BCUT2D eigenvalue weighted by atomic mass is 19.1. The van der Waals surface area contributed by atoms with Gasteiger partial charge in [0.05, 0.1) is 6.54 Å². The van der Waals surface area contributed by atoms with Crippen LogP contribution in [0.1, 0.15) is 23.6 Å². The SMILES string of the molecule is Cc1ccc(CNC(=O)NCC(C)(O)c2ccccc2)cc1F. The molecule has 2 aromatic carbocycles. The molecule has 1 atom stereocenters. The fraction of sp³-hybridized carbons (Fsp3) is 0.278. The Morgan fingerprint density at radius 3 is 2.52 bits per heavy atom. The molecule has 3 N–H and O–H groups in total. The van der Waals surface area contributed by atoms with Crippen molar-refractivity contribution < 1.29 is 14.3 Å². The minimum atomic E-state index is -1.16. The first-order valence-corrected chi connectivity index (χ1v) is 7.43. The first kappa shape index (κ1) is 17.0. The monoisotopic (exact) mass is 316 g/mol. The van der Waals surface area contributed by atoms with Gasteiger partial charge in [0.25, 0.3) is 0 Å². The highest BCUT2D eigenvalue weighted by molar-refractivity contribution is 5.73. The fourth-order valence-corrected chi connectivity index (χ4v) is 2.14. The third kappa shape index (κ3) is 4.79. The van der Waals surface area contributed by atoms with E-state index in [2.05, 4.69) is 10.6 Å². The van der Waals surface area contributed by atoms with Crippen molar-refractivity contribution in [3.63, 3.8) is 0 Å². The van der Waals surface area contributed by atoms with Crippen molar-refractivity contribution in [2.75, 3.05) is 6.54 Å². The molecule has 0 fully saturated rings. The number of carbonyl (C=O) groups excluding carboxylic acids is 1. The lowest BCUT2D eigenvalue weighted by molar-refractivity contribution is 0.0594. The standard InChI is InChI=1S/C18H21FN2O2/c1-13-8-9-14(10-16(13)19)11-20-17(22)21-12-18(2,23)15-6-4-3-5-7-15/h3-10,23H,11-12H2,1-2H3,(H2,20,21,22). The van der Waals surface area contributed by atoms with Crippen LogP contribution in [0.15, 0.2) is 48.5 Å². The molecule has 2 aromatic rings. The average Bonchev–Trinajstić information content (AvgIpc) is 2.55. The predicted octanol–water partition coefficient (Wildman–Crippen LogP) is 2.84. The molecule has 0 saturated heterocycles. The molecule has 122 valence electrons. The van der Waals surface area contributed by atoms with Crippen LogP contribution in [0.3, 0.4) is 0 Å². The zero-order chi connectivity index (χ0) is 16.9. The molecule has 0 saturated carbocycles. The number of rotatable bonds is 5. The third-order valence-corrected chi connectivity index (χ3v) is 3.68. The molecule has 0 aliphatic carbocycles. The summed E-state index contributed by atoms with van der Waals surface area (Å²) in [5.41, 5.74) is 0.810. The number of halogens is 1. The number of amides is 2. The van der Waals surface area contributed by atoms with Gasteiger partial charge in [0.1, 0.15) is 11.4 Å². The zero-order valence-electron chi connectivity index (χ0n) is 13.3. The number of hydrogen-bond acceptors (Lipinski definition) is 2. The highest BCUT2D eigenvalue weighted by Gasteiger charge is 2.23. The van der Waals surface area contributed by atoms with E-state index in [1.54, 1.807) is 38.1 Å². The quantitative estimate of drug-likeness (QED) is 0.794. The Hall–Kier alpha value is -2.40. The number of aliphatic hydroxyl groups is 1. The Bertz CT molecular complexity index is 672. The molecule has 0 spiro atoms. The molecule has 0 bridgehead atoms. The van der Waals surface area contributed by atoms with Gasteiger partial charge in [-0.3, -0.25) is 0 Å². The molecule has 0 aliphatic heterocycles. The van der Waals surface area contributed by atoms with E-state index in [0.29, 0.717) is 11.1 Å². The minimum Gasteiger partial charge on any atom is -0.384 e. The van der Waals surface area contributed by atoms with Crippen LogP contribution in [0.25, 0.3) is 0 Å². The summed E-state index contributed by atoms with van der Waals surface area (Å²) in [6, 6.07) is 13.5. The summed E-state index contributed by atoms with van der Waals surface area (Å²) in [4.78, 5) is 11.8. The Morgan fingerprint density at radius 1 is 1.17 bits per heavy atom. The van der Waals surface area contributed by atoms with Crippen LogP contribution in [-0.2, 0) is 12.1 Å². The molecular weight excluding hydrogens is 295 g/mol. The summed E-state index contributed by atoms with van der Waals surface area (Å²) in [6.45, 7) is 3.62. The maximum Gasteiger partial charge on any atom is 0.315 e. The van der Waals surface area contributed by atoms with Gasteiger partial charge in [-0.15, -0.1) is 0 Å². The topological polar surface area (TPSA) is 61.4 Å². The van der Waals surface area contributed by atoms with Gasteiger partial charge in [-0.2, -0.15) is 0 Å². The van der Waals surface area contributed by atoms with Crippen molar-refractivity contribution in [2.45, 2.75) is 26.0 Å². The van der Waals surface area contributed by atoms with Crippen molar-refractivity contribution in [3.05, 3.63) is 71.0 Å². The maximum atomic E-state index is 13.4. The fourth-order valence-electron chi connectivity index (χ4n) is 2.14. The minimum absolute atomic E-state index is 0.0745. The number of urea groups is 1. The Labute approximate surface area is 135 Å². The second-order valence-electron chi connectivity index (χ2n) is 5.76. The van der Waals surface area contributed by atoms with Crippen molar-refractivity contribution in [2.24, 2.45) is 0 Å². The Morgan fingerprint density at radius 2 is 1.87 bits per heavy atom. The third-order valence-electron chi connectivity index (χ3n) is 3.68. The molecule has 0 heterocycles. The zero-order valence-corrected chi connectivity index (χ0v) is 13.3. The Kier molecular flexibility index (Phi) is 5.34. The largest absolute Gasteiger partial charge is 0.384 e. The summed E-state index contributed by atoms with van der Waals surface area (Å²) in [5.74, 6) is -0.295. The molecule has 2 rings (SSSR count). The lowest BCUT2D eigenvalue weighted by atomic mass is 9.96. The molecule has 2 amide bonds. The maximum absolute atomic E-state index is 13.4. The van der Waals surface area contributed by atoms with Crippen LogP contribution in [-0.4, -0.2) is 17.7 Å². The van der Waals surface area contributed by atoms with Crippen molar-refractivity contribution in [1.82, 2.24) is 10.6 Å². The summed E-state index contributed by atoms with van der Waals surface area (Å²) < 4.78 is 13.4. The molecule has 23 heavy (non-hydrogen) atoms. The number of nitrogens with one attached hydrogen (secondary N) is 2. The summed E-state index contributed by atoms with van der Waals surface area (Å²) in [6.07, 6.45) is 0. The van der Waals surface area contributed by atoms with Crippen LogP contribution in [0.5, 0.6) is 0 Å². The predicted molar refractivity (Wildman–Crippen MR) is 87.4 cm³/mol. The van der Waals surface area contributed by atoms with E-state index in [9.17, 15) is 14.3 Å². The van der Waals surface area contributed by atoms with E-state index in [4.69, 9.17) is 0 Å². The van der Waals surface area contributed by atoms with Crippen LogP contribution in [0.2, 0.25) is 0 Å². The summed E-state index contributed by atoms with van der Waals surface area (Å²) >= 11 is 0. The number of carbonyl (C=O) groups is 1. The number of aryl methyl sites for hydroxylation is 1. The van der Waals surface area contributed by atoms with Crippen molar-refractivity contribution in [3.8, 4) is 0 Å². The second-order valence-corrected chi connectivity index (χ2v) is 5.76.